The molecule has 0 unspecified atom stereocenters. The van der Waals surface area contributed by atoms with Crippen LogP contribution < -0.4 is 0 Å². The Morgan fingerprint density at radius 3 is 1.71 bits per heavy atom. The van der Waals surface area contributed by atoms with Gasteiger partial charge in [0.15, 0.2) is 0 Å². The maximum absolute atomic E-state index is 9.10. The Hall–Kier alpha value is 1.51. The molecule has 0 rings (SSSR count). The number of hydrogen-bond donors (Lipinski definition) is 0. The van der Waals surface area contributed by atoms with Crippen molar-refractivity contribution in [1.82, 2.24) is 0 Å². The molecule has 0 bridgehead atoms. The van der Waals surface area contributed by atoms with Gasteiger partial charge in [0.25, 0.3) is 0 Å². The zero-order valence-electron chi connectivity index (χ0n) is 3.46. The molecule has 0 spiro atoms. The molecule has 7 heavy (non-hydrogen) atoms. The van der Waals surface area contributed by atoms with Gasteiger partial charge in [-0.2, -0.15) is 0 Å². The molecule has 0 saturated carbocycles. The summed E-state index contributed by atoms with van der Waals surface area (Å²) in [7, 11) is 0. The molecular weight excluding hydrogens is 180 g/mol. The van der Waals surface area contributed by atoms with Gasteiger partial charge in [-0.25, -0.2) is 0 Å². The first-order chi connectivity index (χ1) is 3.33. The van der Waals surface area contributed by atoms with E-state index in [1.807, 2.05) is 0 Å². The molecule has 0 radical (unpaired) electrons. The van der Waals surface area contributed by atoms with Gasteiger partial charge in [-0.15, -0.1) is 0 Å². The van der Waals surface area contributed by atoms with Crippen molar-refractivity contribution in [1.29, 1.82) is 0 Å². The van der Waals surface area contributed by atoms with Gasteiger partial charge in [0.05, 0.1) is 0 Å². The van der Waals surface area contributed by atoms with Crippen LogP contribution in [0.3, 0.4) is 0 Å². The van der Waals surface area contributed by atoms with Gasteiger partial charge in [0, 0.05) is 0 Å². The Morgan fingerprint density at radius 1 is 1.57 bits per heavy atom. The van der Waals surface area contributed by atoms with Crippen molar-refractivity contribution in [3.63, 3.8) is 0 Å². The van der Waals surface area contributed by atoms with E-state index in [1.54, 1.807) is 0 Å². The predicted octanol–water partition coefficient (Wildman–Crippen LogP) is -1.39. The summed E-state index contributed by atoms with van der Waals surface area (Å²) in [6.07, 6.45) is 0. The molecule has 0 fully saturated rings. The minimum absolute atomic E-state index is 0.500. The van der Waals surface area contributed by atoms with Crippen LogP contribution in [-0.4, -0.2) is 24.0 Å². The second-order valence-corrected chi connectivity index (χ2v) is 3.07. The summed E-state index contributed by atoms with van der Waals surface area (Å²) in [6, 6.07) is 0. The van der Waals surface area contributed by atoms with Gasteiger partial charge in [-0.05, 0) is 0 Å². The second kappa shape index (κ2) is 15.6. The van der Waals surface area contributed by atoms with Crippen LogP contribution in [0.1, 0.15) is 0 Å². The molecule has 0 aromatic heterocycles. The maximum atomic E-state index is 9.10. The molecule has 7 heteroatoms. The third-order valence-corrected chi connectivity index (χ3v) is 0.486. The Kier molecular flexibility index (Phi) is 25.3. The van der Waals surface area contributed by atoms with E-state index in [2.05, 4.69) is 0 Å². The Balaban J connectivity index is 0. The first-order valence-corrected chi connectivity index (χ1v) is 6.69. The summed E-state index contributed by atoms with van der Waals surface area (Å²) in [5.74, 6) is 0. The van der Waals surface area contributed by atoms with Crippen molar-refractivity contribution in [3.8, 4) is 0 Å². The molecule has 0 N–H and O–H groups in total. The van der Waals surface area contributed by atoms with Crippen LogP contribution in [0, 0.1) is 0 Å². The number of hydrogen-bond acceptors (Lipinski definition) is 2. The topological polar surface area (TPSA) is 34.1 Å². The van der Waals surface area contributed by atoms with Crippen LogP contribution in [0.25, 0.3) is 0 Å². The minimum atomic E-state index is -0.961. The summed E-state index contributed by atoms with van der Waals surface area (Å²) in [5.41, 5.74) is 0. The van der Waals surface area contributed by atoms with Gasteiger partial charge in [0.2, 0.25) is 0 Å². The summed E-state index contributed by atoms with van der Waals surface area (Å²) < 4.78 is 18.2. The standard InChI is InChI=1S/Al.2B.Cr.2O.Ti. The first kappa shape index (κ1) is 11.3. The van der Waals surface area contributed by atoms with E-state index in [0.717, 1.165) is 0 Å². The molecule has 2 nitrogen and oxygen atoms in total. The second-order valence-electron chi connectivity index (χ2n) is 0.359. The van der Waals surface area contributed by atoms with Crippen LogP contribution >= 0.6 is 0 Å². The van der Waals surface area contributed by atoms with E-state index in [-0.39, 0.29) is 0 Å². The molecule has 0 aliphatic rings. The van der Waals surface area contributed by atoms with E-state index in [4.69, 9.17) is 18.4 Å². The summed E-state index contributed by atoms with van der Waals surface area (Å²) in [4.78, 5) is 0. The quantitative estimate of drug-likeness (QED) is 0.466. The fourth-order valence-electron chi connectivity index (χ4n) is 0. The van der Waals surface area contributed by atoms with Gasteiger partial charge in [0.1, 0.15) is 0 Å². The fourth-order valence-corrected chi connectivity index (χ4v) is 0. The average Bonchev–Trinajstić information content (AvgIpc) is 1.69. The average molecular weight is 180 g/mol. The Morgan fingerprint density at radius 2 is 1.71 bits per heavy atom. The van der Waals surface area contributed by atoms with Crippen LogP contribution in [-0.2, 0) is 38.2 Å². The van der Waals surface area contributed by atoms with E-state index in [9.17, 15) is 0 Å². The van der Waals surface area contributed by atoms with E-state index < -0.39 is 43.9 Å². The summed E-state index contributed by atoms with van der Waals surface area (Å²) in [5, 5.41) is 9.50. The van der Waals surface area contributed by atoms with Gasteiger partial charge in [-0.3, -0.25) is 0 Å². The third-order valence-electron chi connectivity index (χ3n) is 0.0393. The molecular formula is AlB2CrO2Ti. The van der Waals surface area contributed by atoms with Crippen molar-refractivity contribution in [2.45, 2.75) is 0 Å². The van der Waals surface area contributed by atoms with Crippen molar-refractivity contribution in [3.05, 3.63) is 0 Å². The van der Waals surface area contributed by atoms with Crippen LogP contribution in [0.4, 0.5) is 0 Å². The number of rotatable bonds is 1. The Labute approximate surface area is 61.7 Å². The summed E-state index contributed by atoms with van der Waals surface area (Å²) in [6.45, 7) is 0. The van der Waals surface area contributed by atoms with Gasteiger partial charge < -0.3 is 0 Å². The van der Waals surface area contributed by atoms with E-state index >= 15 is 0 Å². The van der Waals surface area contributed by atoms with Gasteiger partial charge >= 0.3 is 62.2 Å². The normalized spacial score (nSPS) is 5.71. The Bertz CT molecular complexity index is 146. The van der Waals surface area contributed by atoms with Crippen molar-refractivity contribution >= 4 is 24.0 Å². The van der Waals surface area contributed by atoms with Crippen LogP contribution in [0.5, 0.6) is 0 Å². The first-order valence-electron chi connectivity index (χ1n) is 1.22. The zero-order valence-corrected chi connectivity index (χ0v) is 7.45. The molecule has 0 aliphatic heterocycles. The molecule has 0 aromatic rings. The predicted molar refractivity (Wildman–Crippen MR) is 18.6 cm³/mol. The molecule has 31 valence electrons. The monoisotopic (exact) mass is 181 g/mol. The molecule has 0 aromatic carbocycles. The molecule has 0 heterocycles. The molecule has 0 aliphatic carbocycles. The van der Waals surface area contributed by atoms with Crippen molar-refractivity contribution in [2.24, 2.45) is 0 Å². The van der Waals surface area contributed by atoms with Crippen LogP contribution in [0.15, 0.2) is 0 Å². The zero-order chi connectivity index (χ0) is 6.12. The van der Waals surface area contributed by atoms with Crippen molar-refractivity contribution in [2.75, 3.05) is 0 Å². The molecule has 0 amide bonds. The van der Waals surface area contributed by atoms with E-state index in [1.165, 1.54) is 0 Å². The molecule has 0 saturated heterocycles. The van der Waals surface area contributed by atoms with Gasteiger partial charge in [-0.1, -0.05) is 0 Å². The molecule has 0 atom stereocenters. The fraction of sp³-hybridized carbons (Fsp3) is 0. The third kappa shape index (κ3) is 36.2. The van der Waals surface area contributed by atoms with Crippen LogP contribution in [0.2, 0.25) is 0 Å². The summed E-state index contributed by atoms with van der Waals surface area (Å²) >= 11 is -2.27. The van der Waals surface area contributed by atoms with E-state index in [0.29, 0.717) is 0 Å². The van der Waals surface area contributed by atoms with Crippen molar-refractivity contribution < 1.29 is 38.2 Å². The SMILES string of the molecule is [B]#[Ti]#[B].[O]=[Al][Cr]=[O].